The molecule has 0 aliphatic carbocycles. The van der Waals surface area contributed by atoms with Crippen LogP contribution in [0, 0.1) is 5.92 Å². The number of ether oxygens (including phenoxy) is 1. The number of hydrogen-bond acceptors (Lipinski definition) is 4. The normalized spacial score (nSPS) is 14.8. The molecule has 1 aromatic carbocycles. The van der Waals surface area contributed by atoms with Gasteiger partial charge in [0.25, 0.3) is 0 Å². The molecule has 0 radical (unpaired) electrons. The summed E-state index contributed by atoms with van der Waals surface area (Å²) >= 11 is 0. The highest BCUT2D eigenvalue weighted by molar-refractivity contribution is 7.89. The van der Waals surface area contributed by atoms with Gasteiger partial charge in [0.1, 0.15) is 5.75 Å². The lowest BCUT2D eigenvalue weighted by molar-refractivity contribution is 0.416. The summed E-state index contributed by atoms with van der Waals surface area (Å²) in [6.45, 7) is 6.07. The molecule has 3 N–H and O–H groups in total. The number of benzene rings is 1. The largest absolute Gasteiger partial charge is 0.495 e. The summed E-state index contributed by atoms with van der Waals surface area (Å²) in [5.41, 5.74) is 6.05. The number of anilines is 1. The number of nitrogens with one attached hydrogen (secondary N) is 1. The first-order valence-electron chi connectivity index (χ1n) is 6.76. The summed E-state index contributed by atoms with van der Waals surface area (Å²) in [6.07, 6.45) is 1.84. The summed E-state index contributed by atoms with van der Waals surface area (Å²) in [4.78, 5) is 0.159. The van der Waals surface area contributed by atoms with Gasteiger partial charge >= 0.3 is 0 Å². The summed E-state index contributed by atoms with van der Waals surface area (Å²) in [6, 6.07) is 4.35. The Bertz CT molecular complexity index is 543. The Labute approximate surface area is 121 Å². The standard InChI is InChI=1S/C14H24N2O3S/c1-5-10(2)8-11(3)16-20(17,18)12-6-7-14(19-4)13(15)9-12/h6-7,9-11,16H,5,8,15H2,1-4H3. The molecular weight excluding hydrogens is 276 g/mol. The van der Waals surface area contributed by atoms with Gasteiger partial charge in [-0.2, -0.15) is 0 Å². The third-order valence-electron chi connectivity index (χ3n) is 3.32. The van der Waals surface area contributed by atoms with Gasteiger partial charge in [-0.15, -0.1) is 0 Å². The highest BCUT2D eigenvalue weighted by Crippen LogP contribution is 2.24. The molecule has 1 rings (SSSR count). The van der Waals surface area contributed by atoms with E-state index in [0.29, 0.717) is 17.4 Å². The lowest BCUT2D eigenvalue weighted by atomic mass is 10.0. The van der Waals surface area contributed by atoms with Gasteiger partial charge < -0.3 is 10.5 Å². The highest BCUT2D eigenvalue weighted by atomic mass is 32.2. The van der Waals surface area contributed by atoms with Crippen molar-refractivity contribution in [3.05, 3.63) is 18.2 Å². The van der Waals surface area contributed by atoms with E-state index in [0.717, 1.165) is 12.8 Å². The number of nitrogen functional groups attached to an aromatic ring is 1. The molecule has 0 aliphatic rings. The quantitative estimate of drug-likeness (QED) is 0.758. The summed E-state index contributed by atoms with van der Waals surface area (Å²) in [5.74, 6) is 0.949. The van der Waals surface area contributed by atoms with Crippen LogP contribution in [-0.2, 0) is 10.0 Å². The molecule has 114 valence electrons. The van der Waals surface area contributed by atoms with E-state index in [4.69, 9.17) is 10.5 Å². The first kappa shape index (κ1) is 16.8. The van der Waals surface area contributed by atoms with Crippen molar-refractivity contribution in [2.75, 3.05) is 12.8 Å². The van der Waals surface area contributed by atoms with E-state index < -0.39 is 10.0 Å². The molecule has 1 aromatic rings. The molecule has 5 nitrogen and oxygen atoms in total. The molecule has 0 fully saturated rings. The van der Waals surface area contributed by atoms with Gasteiger partial charge in [-0.3, -0.25) is 0 Å². The van der Waals surface area contributed by atoms with Crippen molar-refractivity contribution in [2.45, 2.75) is 44.6 Å². The minimum Gasteiger partial charge on any atom is -0.495 e. The highest BCUT2D eigenvalue weighted by Gasteiger charge is 2.19. The summed E-state index contributed by atoms with van der Waals surface area (Å²) in [5, 5.41) is 0. The summed E-state index contributed by atoms with van der Waals surface area (Å²) in [7, 11) is -2.05. The summed E-state index contributed by atoms with van der Waals surface area (Å²) < 4.78 is 32.2. The maximum atomic E-state index is 12.3. The van der Waals surface area contributed by atoms with Crippen molar-refractivity contribution in [1.82, 2.24) is 4.72 Å². The number of nitrogens with two attached hydrogens (primary N) is 1. The van der Waals surface area contributed by atoms with E-state index in [2.05, 4.69) is 18.6 Å². The predicted molar refractivity (Wildman–Crippen MR) is 81.3 cm³/mol. The van der Waals surface area contributed by atoms with Crippen LogP contribution in [-0.4, -0.2) is 21.6 Å². The van der Waals surface area contributed by atoms with Crippen LogP contribution in [0.4, 0.5) is 5.69 Å². The fraction of sp³-hybridized carbons (Fsp3) is 0.571. The molecule has 0 aliphatic heterocycles. The van der Waals surface area contributed by atoms with E-state index in [1.807, 2.05) is 6.92 Å². The first-order valence-corrected chi connectivity index (χ1v) is 8.24. The van der Waals surface area contributed by atoms with Gasteiger partial charge in [0.05, 0.1) is 17.7 Å². The Morgan fingerprint density at radius 1 is 1.35 bits per heavy atom. The van der Waals surface area contributed by atoms with Gasteiger partial charge in [-0.05, 0) is 37.5 Å². The van der Waals surface area contributed by atoms with Crippen molar-refractivity contribution >= 4 is 15.7 Å². The van der Waals surface area contributed by atoms with Crippen LogP contribution in [0.15, 0.2) is 23.1 Å². The molecule has 0 bridgehead atoms. The second-order valence-electron chi connectivity index (χ2n) is 5.18. The van der Waals surface area contributed by atoms with Crippen LogP contribution in [0.25, 0.3) is 0 Å². The minimum absolute atomic E-state index is 0.113. The van der Waals surface area contributed by atoms with Crippen LogP contribution in [0.5, 0.6) is 5.75 Å². The van der Waals surface area contributed by atoms with Gasteiger partial charge in [0.15, 0.2) is 0 Å². The fourth-order valence-corrected chi connectivity index (χ4v) is 3.32. The molecule has 0 heterocycles. The number of methoxy groups -OCH3 is 1. The second-order valence-corrected chi connectivity index (χ2v) is 6.89. The van der Waals surface area contributed by atoms with Crippen molar-refractivity contribution in [3.63, 3.8) is 0 Å². The lowest BCUT2D eigenvalue weighted by Gasteiger charge is -2.18. The average Bonchev–Trinajstić information content (AvgIpc) is 2.37. The van der Waals surface area contributed by atoms with Crippen LogP contribution in [0.1, 0.15) is 33.6 Å². The third-order valence-corrected chi connectivity index (χ3v) is 4.91. The van der Waals surface area contributed by atoms with Crippen molar-refractivity contribution < 1.29 is 13.2 Å². The zero-order chi connectivity index (χ0) is 15.3. The molecule has 20 heavy (non-hydrogen) atoms. The smallest absolute Gasteiger partial charge is 0.240 e. The molecule has 0 spiro atoms. The van der Waals surface area contributed by atoms with Crippen LogP contribution < -0.4 is 15.2 Å². The van der Waals surface area contributed by atoms with Crippen LogP contribution in [0.3, 0.4) is 0 Å². The van der Waals surface area contributed by atoms with E-state index in [-0.39, 0.29) is 10.9 Å². The Hall–Kier alpha value is -1.27. The van der Waals surface area contributed by atoms with E-state index in [1.165, 1.54) is 19.2 Å². The van der Waals surface area contributed by atoms with Gasteiger partial charge in [-0.1, -0.05) is 20.3 Å². The van der Waals surface area contributed by atoms with E-state index in [1.54, 1.807) is 6.07 Å². The second kappa shape index (κ2) is 6.95. The van der Waals surface area contributed by atoms with E-state index in [9.17, 15) is 8.42 Å². The Balaban J connectivity index is 2.86. The van der Waals surface area contributed by atoms with E-state index >= 15 is 0 Å². The van der Waals surface area contributed by atoms with Crippen molar-refractivity contribution in [2.24, 2.45) is 5.92 Å². The Morgan fingerprint density at radius 2 is 2.00 bits per heavy atom. The molecule has 0 saturated heterocycles. The Kier molecular flexibility index (Phi) is 5.83. The average molecular weight is 300 g/mol. The van der Waals surface area contributed by atoms with Gasteiger partial charge in [-0.25, -0.2) is 13.1 Å². The SMILES string of the molecule is CCC(C)CC(C)NS(=O)(=O)c1ccc(OC)c(N)c1. The third kappa shape index (κ3) is 4.38. The van der Waals surface area contributed by atoms with Crippen LogP contribution >= 0.6 is 0 Å². The topological polar surface area (TPSA) is 81.4 Å². The molecule has 6 heteroatoms. The lowest BCUT2D eigenvalue weighted by Crippen LogP contribution is -2.33. The zero-order valence-corrected chi connectivity index (χ0v) is 13.3. The first-order chi connectivity index (χ1) is 9.30. The fourth-order valence-electron chi connectivity index (χ4n) is 2.03. The van der Waals surface area contributed by atoms with Crippen molar-refractivity contribution in [1.29, 1.82) is 0 Å². The zero-order valence-electron chi connectivity index (χ0n) is 12.5. The molecule has 2 atom stereocenters. The predicted octanol–water partition coefficient (Wildman–Crippen LogP) is 2.38. The van der Waals surface area contributed by atoms with Gasteiger partial charge in [0, 0.05) is 6.04 Å². The molecular formula is C14H24N2O3S. The van der Waals surface area contributed by atoms with Crippen molar-refractivity contribution in [3.8, 4) is 5.75 Å². The molecule has 2 unspecified atom stereocenters. The number of rotatable bonds is 7. The maximum absolute atomic E-state index is 12.3. The Morgan fingerprint density at radius 3 is 2.50 bits per heavy atom. The van der Waals surface area contributed by atoms with Crippen LogP contribution in [0.2, 0.25) is 0 Å². The molecule has 0 saturated carbocycles. The number of hydrogen-bond donors (Lipinski definition) is 2. The molecule has 0 aromatic heterocycles. The molecule has 0 amide bonds. The van der Waals surface area contributed by atoms with Gasteiger partial charge in [0.2, 0.25) is 10.0 Å². The number of sulfonamides is 1. The monoisotopic (exact) mass is 300 g/mol. The minimum atomic E-state index is -3.55. The maximum Gasteiger partial charge on any atom is 0.240 e.